The molecule has 3 aromatic rings. The third-order valence-corrected chi connectivity index (χ3v) is 5.82. The number of nitrogens with one attached hydrogen (secondary N) is 2. The molecule has 2 aromatic heterocycles. The Hall–Kier alpha value is -2.29. The number of piperidine rings is 1. The summed E-state index contributed by atoms with van der Waals surface area (Å²) in [6.07, 6.45) is 2.01. The molecular weight excluding hydrogens is 396 g/mol. The Morgan fingerprint density at radius 3 is 2.57 bits per heavy atom. The Morgan fingerprint density at radius 2 is 1.93 bits per heavy atom. The molecule has 1 fully saturated rings. The normalized spacial score (nSPS) is 14.5. The molecule has 0 bridgehead atoms. The predicted octanol–water partition coefficient (Wildman–Crippen LogP) is 3.62. The molecule has 28 heavy (non-hydrogen) atoms. The Kier molecular flexibility index (Phi) is 6.43. The van der Waals surface area contributed by atoms with E-state index in [-0.39, 0.29) is 18.3 Å². The van der Waals surface area contributed by atoms with Gasteiger partial charge in [0.2, 0.25) is 0 Å². The van der Waals surface area contributed by atoms with Crippen molar-refractivity contribution in [2.45, 2.75) is 32.7 Å². The minimum Gasteiger partial charge on any atom is -0.321 e. The molecule has 1 saturated heterocycles. The number of rotatable bonds is 4. The molecule has 9 heteroatoms. The van der Waals surface area contributed by atoms with Gasteiger partial charge in [0.15, 0.2) is 5.69 Å². The van der Waals surface area contributed by atoms with Gasteiger partial charge < -0.3 is 10.6 Å². The van der Waals surface area contributed by atoms with Crippen LogP contribution >= 0.6 is 23.7 Å². The largest absolute Gasteiger partial charge is 0.321 e. The van der Waals surface area contributed by atoms with E-state index in [1.165, 1.54) is 0 Å². The fourth-order valence-electron chi connectivity index (χ4n) is 3.32. The number of aryl methyl sites for hydroxylation is 1. The smallest absolute Gasteiger partial charge is 0.278 e. The summed E-state index contributed by atoms with van der Waals surface area (Å²) in [7, 11) is 0. The van der Waals surface area contributed by atoms with Gasteiger partial charge in [0, 0.05) is 22.3 Å². The summed E-state index contributed by atoms with van der Waals surface area (Å²) in [5, 5.41) is 17.6. The summed E-state index contributed by atoms with van der Waals surface area (Å²) in [6, 6.07) is 8.01. The van der Waals surface area contributed by atoms with Crippen LogP contribution in [0, 0.1) is 13.8 Å². The van der Waals surface area contributed by atoms with Gasteiger partial charge in [-0.1, -0.05) is 5.21 Å². The zero-order valence-corrected chi connectivity index (χ0v) is 17.4. The summed E-state index contributed by atoms with van der Waals surface area (Å²) in [4.78, 5) is 17.1. The first-order valence-electron chi connectivity index (χ1n) is 9.08. The molecule has 0 unspecified atom stereocenters. The molecule has 2 N–H and O–H groups in total. The second kappa shape index (κ2) is 8.81. The molecule has 4 rings (SSSR count). The van der Waals surface area contributed by atoms with Crippen LogP contribution in [0.25, 0.3) is 10.6 Å². The molecule has 1 aromatic carbocycles. The summed E-state index contributed by atoms with van der Waals surface area (Å²) >= 11 is 1.61. The average Bonchev–Trinajstić information content (AvgIpc) is 3.29. The van der Waals surface area contributed by atoms with E-state index in [1.54, 1.807) is 11.3 Å². The number of carbonyl (C=O) groups is 1. The monoisotopic (exact) mass is 418 g/mol. The van der Waals surface area contributed by atoms with Gasteiger partial charge in [-0.05, 0) is 64.0 Å². The van der Waals surface area contributed by atoms with Gasteiger partial charge in [0.1, 0.15) is 5.01 Å². The lowest BCUT2D eigenvalue weighted by molar-refractivity contribution is 0.102. The molecular formula is C19H23ClN6OS. The first-order valence-corrected chi connectivity index (χ1v) is 9.96. The van der Waals surface area contributed by atoms with Crippen LogP contribution in [0.2, 0.25) is 0 Å². The van der Waals surface area contributed by atoms with Crippen LogP contribution in [0.3, 0.4) is 0 Å². The zero-order chi connectivity index (χ0) is 18.8. The van der Waals surface area contributed by atoms with Gasteiger partial charge in [0.05, 0.1) is 11.7 Å². The third kappa shape index (κ3) is 4.24. The highest BCUT2D eigenvalue weighted by atomic mass is 35.5. The maximum absolute atomic E-state index is 12.6. The van der Waals surface area contributed by atoms with E-state index in [0.717, 1.165) is 53.6 Å². The van der Waals surface area contributed by atoms with Crippen LogP contribution in [0.1, 0.15) is 40.8 Å². The van der Waals surface area contributed by atoms with E-state index >= 15 is 0 Å². The standard InChI is InChI=1S/C19H22N6OS.ClH/c1-12-11-27-19(21-12)14-3-5-15(6-4-14)22-18(26)17-13(2)25(24-23-17)16-7-9-20-10-8-16;/h3-6,11,16,20H,7-10H2,1-2H3,(H,22,26);1H. The van der Waals surface area contributed by atoms with Gasteiger partial charge in [-0.25, -0.2) is 9.67 Å². The van der Waals surface area contributed by atoms with Crippen molar-refractivity contribution in [1.29, 1.82) is 0 Å². The molecule has 148 valence electrons. The SMILES string of the molecule is Cc1csc(-c2ccc(NC(=O)c3nnn(C4CCNCC4)c3C)cc2)n1.Cl. The summed E-state index contributed by atoms with van der Waals surface area (Å²) in [5.41, 5.74) is 3.98. The predicted molar refractivity (Wildman–Crippen MR) is 113 cm³/mol. The summed E-state index contributed by atoms with van der Waals surface area (Å²) in [5.74, 6) is -0.231. The first-order chi connectivity index (χ1) is 13.1. The molecule has 1 aliphatic rings. The molecule has 7 nitrogen and oxygen atoms in total. The number of anilines is 1. The van der Waals surface area contributed by atoms with Crippen molar-refractivity contribution < 1.29 is 4.79 Å². The number of hydrogen-bond acceptors (Lipinski definition) is 6. The fourth-order valence-corrected chi connectivity index (χ4v) is 4.13. The Balaban J connectivity index is 0.00000225. The van der Waals surface area contributed by atoms with Gasteiger partial charge in [0.25, 0.3) is 5.91 Å². The van der Waals surface area contributed by atoms with Crippen molar-refractivity contribution in [3.8, 4) is 10.6 Å². The Bertz CT molecular complexity index is 946. The fraction of sp³-hybridized carbons (Fsp3) is 0.368. The van der Waals surface area contributed by atoms with Crippen molar-refractivity contribution >= 4 is 35.3 Å². The minimum absolute atomic E-state index is 0. The molecule has 0 atom stereocenters. The lowest BCUT2D eigenvalue weighted by Gasteiger charge is -2.23. The number of aromatic nitrogens is 4. The number of benzene rings is 1. The minimum atomic E-state index is -0.231. The molecule has 1 amide bonds. The van der Waals surface area contributed by atoms with E-state index in [0.29, 0.717) is 11.7 Å². The van der Waals surface area contributed by atoms with Crippen molar-refractivity contribution in [2.75, 3.05) is 18.4 Å². The topological polar surface area (TPSA) is 84.7 Å². The Morgan fingerprint density at radius 1 is 1.21 bits per heavy atom. The highest BCUT2D eigenvalue weighted by molar-refractivity contribution is 7.13. The van der Waals surface area contributed by atoms with Crippen LogP contribution in [-0.4, -0.2) is 39.0 Å². The summed E-state index contributed by atoms with van der Waals surface area (Å²) < 4.78 is 1.89. The van der Waals surface area contributed by atoms with Gasteiger partial charge >= 0.3 is 0 Å². The number of thiazole rings is 1. The second-order valence-corrected chi connectivity index (χ2v) is 7.63. The van der Waals surface area contributed by atoms with E-state index < -0.39 is 0 Å². The highest BCUT2D eigenvalue weighted by Gasteiger charge is 2.23. The number of carbonyl (C=O) groups excluding carboxylic acids is 1. The zero-order valence-electron chi connectivity index (χ0n) is 15.8. The van der Waals surface area contributed by atoms with Crippen LogP contribution in [0.5, 0.6) is 0 Å². The quantitative estimate of drug-likeness (QED) is 0.676. The van der Waals surface area contributed by atoms with Gasteiger partial charge in [-0.2, -0.15) is 0 Å². The van der Waals surface area contributed by atoms with Crippen LogP contribution in [-0.2, 0) is 0 Å². The van der Waals surface area contributed by atoms with Crippen molar-refractivity contribution in [1.82, 2.24) is 25.3 Å². The lowest BCUT2D eigenvalue weighted by atomic mass is 10.1. The molecule has 0 radical (unpaired) electrons. The average molecular weight is 419 g/mol. The van der Waals surface area contributed by atoms with E-state index in [9.17, 15) is 4.79 Å². The van der Waals surface area contributed by atoms with E-state index in [1.807, 2.05) is 48.2 Å². The highest BCUT2D eigenvalue weighted by Crippen LogP contribution is 2.25. The molecule has 0 spiro atoms. The van der Waals surface area contributed by atoms with Gasteiger partial charge in [-0.15, -0.1) is 28.8 Å². The molecule has 0 saturated carbocycles. The molecule has 3 heterocycles. The van der Waals surface area contributed by atoms with Crippen LogP contribution in [0.4, 0.5) is 5.69 Å². The van der Waals surface area contributed by atoms with Crippen LogP contribution < -0.4 is 10.6 Å². The van der Waals surface area contributed by atoms with Crippen molar-refractivity contribution in [3.05, 3.63) is 46.7 Å². The number of amides is 1. The molecule has 0 aliphatic carbocycles. The summed E-state index contributed by atoms with van der Waals surface area (Å²) in [6.45, 7) is 5.83. The van der Waals surface area contributed by atoms with Crippen LogP contribution in [0.15, 0.2) is 29.6 Å². The maximum Gasteiger partial charge on any atom is 0.278 e. The maximum atomic E-state index is 12.6. The van der Waals surface area contributed by atoms with Crippen molar-refractivity contribution in [2.24, 2.45) is 0 Å². The first kappa shape index (κ1) is 20.4. The lowest BCUT2D eigenvalue weighted by Crippen LogP contribution is -2.30. The number of halogens is 1. The molecule has 1 aliphatic heterocycles. The third-order valence-electron chi connectivity index (χ3n) is 4.81. The van der Waals surface area contributed by atoms with Gasteiger partial charge in [-0.3, -0.25) is 4.79 Å². The van der Waals surface area contributed by atoms with Crippen molar-refractivity contribution in [3.63, 3.8) is 0 Å². The Labute approximate surface area is 174 Å². The van der Waals surface area contributed by atoms with E-state index in [4.69, 9.17) is 0 Å². The second-order valence-electron chi connectivity index (χ2n) is 6.77. The van der Waals surface area contributed by atoms with E-state index in [2.05, 4.69) is 25.9 Å². The number of nitrogens with zero attached hydrogens (tertiary/aromatic N) is 4. The number of hydrogen-bond donors (Lipinski definition) is 2.